The average Bonchev–Trinajstić information content (AvgIpc) is 2.26. The van der Waals surface area contributed by atoms with Gasteiger partial charge in [0, 0.05) is 5.56 Å². The van der Waals surface area contributed by atoms with E-state index >= 15 is 0 Å². The molecule has 0 aliphatic carbocycles. The summed E-state index contributed by atoms with van der Waals surface area (Å²) in [5.41, 5.74) is 2.02. The topological polar surface area (TPSA) is 43.4 Å². The zero-order valence-corrected chi connectivity index (χ0v) is 10.2. The van der Waals surface area contributed by atoms with Crippen molar-refractivity contribution in [2.45, 2.75) is 13.8 Å². The Bertz CT molecular complexity index is 415. The normalized spacial score (nSPS) is 10.0. The van der Waals surface area contributed by atoms with Crippen LogP contribution in [0.5, 0.6) is 5.75 Å². The van der Waals surface area contributed by atoms with Gasteiger partial charge >= 0.3 is 0 Å². The molecule has 0 atom stereocenters. The summed E-state index contributed by atoms with van der Waals surface area (Å²) in [7, 11) is 1.57. The minimum Gasteiger partial charge on any atom is -0.496 e. The first-order chi connectivity index (χ1) is 7.51. The van der Waals surface area contributed by atoms with E-state index in [1.165, 1.54) is 0 Å². The number of ketones is 2. The molecular formula is C12H13ClO3. The minimum absolute atomic E-state index is 0.289. The lowest BCUT2D eigenvalue weighted by molar-refractivity contribution is -0.112. The van der Waals surface area contributed by atoms with Crippen LogP contribution in [-0.4, -0.2) is 24.6 Å². The van der Waals surface area contributed by atoms with Gasteiger partial charge in [0.25, 0.3) is 0 Å². The molecule has 0 saturated heterocycles. The molecule has 0 fully saturated rings. The molecule has 16 heavy (non-hydrogen) atoms. The first-order valence-corrected chi connectivity index (χ1v) is 5.33. The molecule has 0 spiro atoms. The van der Waals surface area contributed by atoms with E-state index in [1.807, 2.05) is 13.8 Å². The summed E-state index contributed by atoms with van der Waals surface area (Å²) in [6.07, 6.45) is 0. The summed E-state index contributed by atoms with van der Waals surface area (Å²) >= 11 is 5.34. The Hall–Kier alpha value is -1.35. The second-order valence-electron chi connectivity index (χ2n) is 3.53. The van der Waals surface area contributed by atoms with Gasteiger partial charge in [-0.15, -0.1) is 11.6 Å². The number of carbonyl (C=O) groups is 2. The molecule has 0 unspecified atom stereocenters. The maximum absolute atomic E-state index is 11.6. The molecule has 0 aliphatic rings. The number of hydrogen-bond acceptors (Lipinski definition) is 3. The largest absolute Gasteiger partial charge is 0.496 e. The van der Waals surface area contributed by atoms with Gasteiger partial charge in [-0.25, -0.2) is 0 Å². The van der Waals surface area contributed by atoms with Gasteiger partial charge in [-0.05, 0) is 37.1 Å². The van der Waals surface area contributed by atoms with Crippen LogP contribution in [-0.2, 0) is 4.79 Å². The smallest absolute Gasteiger partial charge is 0.229 e. The number of carbonyl (C=O) groups excluding carboxylic acids is 2. The monoisotopic (exact) mass is 240 g/mol. The van der Waals surface area contributed by atoms with Gasteiger partial charge in [0.15, 0.2) is 0 Å². The molecular weight excluding hydrogens is 228 g/mol. The van der Waals surface area contributed by atoms with Gasteiger partial charge in [-0.2, -0.15) is 0 Å². The molecule has 0 aliphatic heterocycles. The van der Waals surface area contributed by atoms with Crippen molar-refractivity contribution in [3.8, 4) is 5.75 Å². The van der Waals surface area contributed by atoms with E-state index in [0.717, 1.165) is 16.9 Å². The van der Waals surface area contributed by atoms with Crippen LogP contribution in [0.1, 0.15) is 21.5 Å². The minimum atomic E-state index is -0.592. The number of ether oxygens (including phenoxy) is 1. The molecule has 0 amide bonds. The fourth-order valence-electron chi connectivity index (χ4n) is 1.63. The fraction of sp³-hybridized carbons (Fsp3) is 0.333. The molecule has 0 N–H and O–H groups in total. The molecule has 3 nitrogen and oxygen atoms in total. The van der Waals surface area contributed by atoms with Crippen LogP contribution in [0.3, 0.4) is 0 Å². The van der Waals surface area contributed by atoms with Gasteiger partial charge in [-0.1, -0.05) is 0 Å². The van der Waals surface area contributed by atoms with Crippen LogP contribution >= 0.6 is 11.6 Å². The molecule has 4 heteroatoms. The standard InChI is InChI=1S/C12H13ClO3/c1-7-4-9(11(15)10(14)6-13)5-8(2)12(7)16-3/h4-5H,6H2,1-3H3. The van der Waals surface area contributed by atoms with Crippen LogP contribution in [0.4, 0.5) is 0 Å². The van der Waals surface area contributed by atoms with Crippen molar-refractivity contribution in [2.75, 3.05) is 13.0 Å². The van der Waals surface area contributed by atoms with Crippen molar-refractivity contribution >= 4 is 23.2 Å². The Balaban J connectivity index is 3.18. The lowest BCUT2D eigenvalue weighted by atomic mass is 10.0. The van der Waals surface area contributed by atoms with Crippen molar-refractivity contribution in [1.29, 1.82) is 0 Å². The second-order valence-corrected chi connectivity index (χ2v) is 3.80. The fourth-order valence-corrected chi connectivity index (χ4v) is 1.75. The average molecular weight is 241 g/mol. The highest BCUT2D eigenvalue weighted by Gasteiger charge is 2.17. The molecule has 1 aromatic carbocycles. The first-order valence-electron chi connectivity index (χ1n) is 4.80. The number of methoxy groups -OCH3 is 1. The van der Waals surface area contributed by atoms with Gasteiger partial charge in [0.05, 0.1) is 13.0 Å². The number of rotatable bonds is 4. The van der Waals surface area contributed by atoms with E-state index in [1.54, 1.807) is 19.2 Å². The molecule has 0 aromatic heterocycles. The second kappa shape index (κ2) is 5.12. The SMILES string of the molecule is COc1c(C)cc(C(=O)C(=O)CCl)cc1C. The van der Waals surface area contributed by atoms with Crippen molar-refractivity contribution < 1.29 is 14.3 Å². The van der Waals surface area contributed by atoms with E-state index in [4.69, 9.17) is 16.3 Å². The van der Waals surface area contributed by atoms with E-state index in [-0.39, 0.29) is 5.88 Å². The summed E-state index contributed by atoms with van der Waals surface area (Å²) in [5, 5.41) is 0. The Morgan fingerprint density at radius 2 is 1.75 bits per heavy atom. The van der Waals surface area contributed by atoms with Gasteiger partial charge in [0.2, 0.25) is 11.6 Å². The molecule has 1 aromatic rings. The number of halogens is 1. The zero-order chi connectivity index (χ0) is 12.3. The third kappa shape index (κ3) is 2.42. The van der Waals surface area contributed by atoms with Crippen molar-refractivity contribution in [3.63, 3.8) is 0 Å². The summed E-state index contributed by atoms with van der Waals surface area (Å²) < 4.78 is 5.18. The highest BCUT2D eigenvalue weighted by atomic mass is 35.5. The van der Waals surface area contributed by atoms with E-state index < -0.39 is 11.6 Å². The number of aryl methyl sites for hydroxylation is 2. The van der Waals surface area contributed by atoms with Crippen LogP contribution in [0.15, 0.2) is 12.1 Å². The highest BCUT2D eigenvalue weighted by Crippen LogP contribution is 2.24. The molecule has 0 radical (unpaired) electrons. The lowest BCUT2D eigenvalue weighted by Gasteiger charge is -2.10. The predicted octanol–water partition coefficient (Wildman–Crippen LogP) is 2.30. The first kappa shape index (κ1) is 12.7. The maximum Gasteiger partial charge on any atom is 0.229 e. The van der Waals surface area contributed by atoms with E-state index in [2.05, 4.69) is 0 Å². The third-order valence-electron chi connectivity index (χ3n) is 2.30. The molecule has 0 saturated carbocycles. The van der Waals surface area contributed by atoms with Crippen LogP contribution < -0.4 is 4.74 Å². The molecule has 0 bridgehead atoms. The number of benzene rings is 1. The van der Waals surface area contributed by atoms with Gasteiger partial charge in [-0.3, -0.25) is 9.59 Å². The van der Waals surface area contributed by atoms with E-state index in [9.17, 15) is 9.59 Å². The van der Waals surface area contributed by atoms with Crippen molar-refractivity contribution in [1.82, 2.24) is 0 Å². The van der Waals surface area contributed by atoms with Crippen LogP contribution in [0, 0.1) is 13.8 Å². The quantitative estimate of drug-likeness (QED) is 0.461. The predicted molar refractivity (Wildman–Crippen MR) is 62.5 cm³/mol. The summed E-state index contributed by atoms with van der Waals surface area (Å²) in [6.45, 7) is 3.65. The Morgan fingerprint density at radius 3 is 2.12 bits per heavy atom. The van der Waals surface area contributed by atoms with Crippen LogP contribution in [0.2, 0.25) is 0 Å². The van der Waals surface area contributed by atoms with Crippen molar-refractivity contribution in [2.24, 2.45) is 0 Å². The maximum atomic E-state index is 11.6. The number of alkyl halides is 1. The number of Topliss-reactive ketones (excluding diaryl/α,β-unsaturated/α-hetero) is 2. The van der Waals surface area contributed by atoms with Crippen molar-refractivity contribution in [3.05, 3.63) is 28.8 Å². The highest BCUT2D eigenvalue weighted by molar-refractivity contribution is 6.51. The zero-order valence-electron chi connectivity index (χ0n) is 9.46. The summed E-state index contributed by atoms with van der Waals surface area (Å²) in [4.78, 5) is 22.8. The summed E-state index contributed by atoms with van der Waals surface area (Å²) in [6, 6.07) is 3.28. The Kier molecular flexibility index (Phi) is 4.07. The molecule has 86 valence electrons. The lowest BCUT2D eigenvalue weighted by Crippen LogP contribution is -2.15. The Morgan fingerprint density at radius 1 is 1.25 bits per heavy atom. The van der Waals surface area contributed by atoms with Gasteiger partial charge in [0.1, 0.15) is 5.75 Å². The van der Waals surface area contributed by atoms with E-state index in [0.29, 0.717) is 5.56 Å². The summed E-state index contributed by atoms with van der Waals surface area (Å²) in [5.74, 6) is -0.701. The Labute approximate surface area is 99.4 Å². The number of hydrogen-bond donors (Lipinski definition) is 0. The van der Waals surface area contributed by atoms with Gasteiger partial charge < -0.3 is 4.74 Å². The molecule has 0 heterocycles. The third-order valence-corrected chi connectivity index (χ3v) is 2.54. The van der Waals surface area contributed by atoms with Crippen LogP contribution in [0.25, 0.3) is 0 Å². The molecule has 1 rings (SSSR count).